The Bertz CT molecular complexity index is 638. The van der Waals surface area contributed by atoms with Gasteiger partial charge in [0.1, 0.15) is 0 Å². The SMILES string of the molecule is Ic1ccc(CP(c2ccccc2)c2ccccc2)cc1. The minimum Gasteiger partial charge on any atom is -0.0622 e. The zero-order valence-electron chi connectivity index (χ0n) is 11.6. The molecule has 0 nitrogen and oxygen atoms in total. The summed E-state index contributed by atoms with van der Waals surface area (Å²) in [6.45, 7) is 0. The molecule has 0 saturated carbocycles. The molecular weight excluding hydrogens is 386 g/mol. The summed E-state index contributed by atoms with van der Waals surface area (Å²) in [7, 11) is -0.339. The summed E-state index contributed by atoms with van der Waals surface area (Å²) in [5, 5.41) is 2.88. The van der Waals surface area contributed by atoms with E-state index in [1.807, 2.05) is 0 Å². The largest absolute Gasteiger partial charge is 0.0622 e. The van der Waals surface area contributed by atoms with Gasteiger partial charge in [-0.3, -0.25) is 0 Å². The smallest absolute Gasteiger partial charge is 0.0130 e. The fourth-order valence-electron chi connectivity index (χ4n) is 2.32. The first-order valence-corrected chi connectivity index (χ1v) is 9.55. The lowest BCUT2D eigenvalue weighted by Crippen LogP contribution is -2.12. The van der Waals surface area contributed by atoms with Crippen LogP contribution < -0.4 is 10.6 Å². The van der Waals surface area contributed by atoms with Crippen LogP contribution in [0.4, 0.5) is 0 Å². The van der Waals surface area contributed by atoms with Gasteiger partial charge in [0, 0.05) is 9.73 Å². The summed E-state index contributed by atoms with van der Waals surface area (Å²) >= 11 is 2.36. The highest BCUT2D eigenvalue weighted by Gasteiger charge is 2.13. The average molecular weight is 402 g/mol. The molecule has 104 valence electrons. The second-order valence-corrected chi connectivity index (χ2v) is 8.33. The third-order valence-corrected chi connectivity index (χ3v) is 6.63. The Labute approximate surface area is 141 Å². The van der Waals surface area contributed by atoms with Gasteiger partial charge in [0.25, 0.3) is 0 Å². The van der Waals surface area contributed by atoms with Gasteiger partial charge in [0.05, 0.1) is 0 Å². The van der Waals surface area contributed by atoms with Gasteiger partial charge in [-0.2, -0.15) is 0 Å². The molecule has 3 aromatic rings. The molecule has 3 rings (SSSR count). The Morgan fingerprint density at radius 3 is 1.57 bits per heavy atom. The molecule has 0 aliphatic heterocycles. The standard InChI is InChI=1S/C19H16IP/c20-17-13-11-16(12-14-17)15-21(18-7-3-1-4-8-18)19-9-5-2-6-10-19/h1-14H,15H2. The zero-order valence-corrected chi connectivity index (χ0v) is 14.7. The third-order valence-electron chi connectivity index (χ3n) is 3.39. The summed E-state index contributed by atoms with van der Waals surface area (Å²) in [5.74, 6) is 0. The van der Waals surface area contributed by atoms with Crippen molar-refractivity contribution in [3.63, 3.8) is 0 Å². The average Bonchev–Trinajstić information content (AvgIpc) is 2.56. The van der Waals surface area contributed by atoms with Gasteiger partial charge >= 0.3 is 0 Å². The molecule has 0 aliphatic rings. The van der Waals surface area contributed by atoms with E-state index in [4.69, 9.17) is 0 Å². The van der Waals surface area contributed by atoms with E-state index in [1.54, 1.807) is 0 Å². The van der Waals surface area contributed by atoms with E-state index in [0.29, 0.717) is 0 Å². The minimum absolute atomic E-state index is 0.339. The van der Waals surface area contributed by atoms with E-state index >= 15 is 0 Å². The van der Waals surface area contributed by atoms with E-state index in [1.165, 1.54) is 19.7 Å². The second-order valence-electron chi connectivity index (χ2n) is 4.88. The number of benzene rings is 3. The molecule has 0 spiro atoms. The van der Waals surface area contributed by atoms with Crippen LogP contribution in [0.5, 0.6) is 0 Å². The van der Waals surface area contributed by atoms with Crippen molar-refractivity contribution in [2.75, 3.05) is 0 Å². The molecule has 0 unspecified atom stereocenters. The fourth-order valence-corrected chi connectivity index (χ4v) is 4.98. The minimum atomic E-state index is -0.339. The molecule has 0 heterocycles. The van der Waals surface area contributed by atoms with Crippen molar-refractivity contribution in [1.29, 1.82) is 0 Å². The van der Waals surface area contributed by atoms with Gasteiger partial charge in [-0.05, 0) is 58.8 Å². The van der Waals surface area contributed by atoms with Crippen molar-refractivity contribution in [2.45, 2.75) is 6.16 Å². The van der Waals surface area contributed by atoms with E-state index < -0.39 is 0 Å². The van der Waals surface area contributed by atoms with Crippen LogP contribution in [0.2, 0.25) is 0 Å². The van der Waals surface area contributed by atoms with Crippen molar-refractivity contribution in [2.24, 2.45) is 0 Å². The van der Waals surface area contributed by atoms with Gasteiger partial charge in [0.15, 0.2) is 0 Å². The van der Waals surface area contributed by atoms with Crippen LogP contribution in [0.1, 0.15) is 5.56 Å². The molecule has 0 saturated heterocycles. The highest BCUT2D eigenvalue weighted by atomic mass is 127. The van der Waals surface area contributed by atoms with Crippen LogP contribution in [-0.2, 0) is 6.16 Å². The molecule has 0 N–H and O–H groups in total. The van der Waals surface area contributed by atoms with Crippen molar-refractivity contribution in [3.05, 3.63) is 94.1 Å². The predicted octanol–water partition coefficient (Wildman–Crippen LogP) is 4.92. The molecule has 0 fully saturated rings. The Morgan fingerprint density at radius 1 is 0.619 bits per heavy atom. The highest BCUT2D eigenvalue weighted by Crippen LogP contribution is 2.37. The summed E-state index contributed by atoms with van der Waals surface area (Å²) in [6, 6.07) is 30.7. The normalized spacial score (nSPS) is 10.8. The first-order valence-electron chi connectivity index (χ1n) is 6.95. The summed E-state index contributed by atoms with van der Waals surface area (Å²) in [6.07, 6.45) is 1.10. The Morgan fingerprint density at radius 2 is 1.10 bits per heavy atom. The fraction of sp³-hybridized carbons (Fsp3) is 0.0526. The van der Waals surface area contributed by atoms with Crippen LogP contribution in [0.25, 0.3) is 0 Å². The Kier molecular flexibility index (Phi) is 5.05. The molecule has 0 amide bonds. The summed E-state index contributed by atoms with van der Waals surface area (Å²) < 4.78 is 1.29. The van der Waals surface area contributed by atoms with Gasteiger partial charge in [0.2, 0.25) is 0 Å². The maximum absolute atomic E-state index is 2.36. The molecule has 0 aromatic heterocycles. The lowest BCUT2D eigenvalue weighted by molar-refractivity contribution is 1.39. The molecule has 0 atom stereocenters. The first-order chi connectivity index (χ1) is 10.3. The molecule has 0 radical (unpaired) electrons. The number of hydrogen-bond acceptors (Lipinski definition) is 0. The van der Waals surface area contributed by atoms with E-state index in [-0.39, 0.29) is 7.92 Å². The van der Waals surface area contributed by atoms with E-state index in [9.17, 15) is 0 Å². The number of hydrogen-bond donors (Lipinski definition) is 0. The molecule has 0 bridgehead atoms. The third kappa shape index (κ3) is 3.93. The number of halogens is 1. The van der Waals surface area contributed by atoms with Crippen molar-refractivity contribution < 1.29 is 0 Å². The quantitative estimate of drug-likeness (QED) is 0.429. The van der Waals surface area contributed by atoms with E-state index in [2.05, 4.69) is 108 Å². The summed E-state index contributed by atoms with van der Waals surface area (Å²) in [5.41, 5.74) is 1.41. The highest BCUT2D eigenvalue weighted by molar-refractivity contribution is 14.1. The zero-order chi connectivity index (χ0) is 14.5. The Balaban J connectivity index is 1.95. The van der Waals surface area contributed by atoms with Crippen molar-refractivity contribution >= 4 is 41.1 Å². The summed E-state index contributed by atoms with van der Waals surface area (Å²) in [4.78, 5) is 0. The van der Waals surface area contributed by atoms with Gasteiger partial charge < -0.3 is 0 Å². The van der Waals surface area contributed by atoms with Crippen molar-refractivity contribution in [3.8, 4) is 0 Å². The van der Waals surface area contributed by atoms with E-state index in [0.717, 1.165) is 6.16 Å². The van der Waals surface area contributed by atoms with Crippen LogP contribution in [0.3, 0.4) is 0 Å². The lowest BCUT2D eigenvalue weighted by atomic mass is 10.2. The first kappa shape index (κ1) is 14.7. The predicted molar refractivity (Wildman–Crippen MR) is 102 cm³/mol. The molecule has 3 aromatic carbocycles. The monoisotopic (exact) mass is 402 g/mol. The molecule has 0 aliphatic carbocycles. The van der Waals surface area contributed by atoms with Gasteiger partial charge in [-0.15, -0.1) is 0 Å². The van der Waals surface area contributed by atoms with Crippen LogP contribution in [0.15, 0.2) is 84.9 Å². The number of rotatable bonds is 4. The second kappa shape index (κ2) is 7.20. The maximum Gasteiger partial charge on any atom is 0.0130 e. The Hall–Kier alpha value is -1.18. The maximum atomic E-state index is 2.36. The molecular formula is C19H16IP. The van der Waals surface area contributed by atoms with Gasteiger partial charge in [-0.25, -0.2) is 0 Å². The molecule has 21 heavy (non-hydrogen) atoms. The van der Waals surface area contributed by atoms with Crippen LogP contribution in [-0.4, -0.2) is 0 Å². The van der Waals surface area contributed by atoms with Gasteiger partial charge in [-0.1, -0.05) is 72.8 Å². The van der Waals surface area contributed by atoms with Crippen LogP contribution >= 0.6 is 30.5 Å². The topological polar surface area (TPSA) is 0 Å². The molecule has 2 heteroatoms. The van der Waals surface area contributed by atoms with Crippen molar-refractivity contribution in [1.82, 2.24) is 0 Å². The van der Waals surface area contributed by atoms with Crippen LogP contribution in [0, 0.1) is 3.57 Å². The lowest BCUT2D eigenvalue weighted by Gasteiger charge is -2.19.